The van der Waals surface area contributed by atoms with Crippen LogP contribution in [0.3, 0.4) is 0 Å². The van der Waals surface area contributed by atoms with Gasteiger partial charge in [0, 0.05) is 64.9 Å². The highest BCUT2D eigenvalue weighted by molar-refractivity contribution is 6.21. The standard InChI is InChI=1S/C26H41N3O3/c30-10-9-29-7-5-28(6-8-29)4-3-27-18-23-24(31)13-22(14-25(23)32)26-15-19-1-2-20(16-26)12-21(11-19)17-26/h18-22,27,30H,1-17H2/t19-,20+,21-,22?,26-. The Hall–Kier alpha value is -1.24. The molecular formula is C26H41N3O3. The number of Topliss-reactive ketones (excluding diaryl/α,β-unsaturated/α-hetero) is 2. The van der Waals surface area contributed by atoms with Crippen LogP contribution in [0.1, 0.15) is 57.8 Å². The van der Waals surface area contributed by atoms with Crippen molar-refractivity contribution >= 4 is 11.6 Å². The number of allylic oxidation sites excluding steroid dienone is 1. The van der Waals surface area contributed by atoms with Crippen LogP contribution in [-0.4, -0.2) is 78.9 Å². The first-order valence-corrected chi connectivity index (χ1v) is 13.1. The number of aliphatic hydroxyl groups is 1. The first kappa shape index (κ1) is 22.5. The molecule has 0 aromatic heterocycles. The van der Waals surface area contributed by atoms with Gasteiger partial charge in [-0.25, -0.2) is 0 Å². The number of hydrogen-bond acceptors (Lipinski definition) is 6. The van der Waals surface area contributed by atoms with Gasteiger partial charge in [0.1, 0.15) is 0 Å². The summed E-state index contributed by atoms with van der Waals surface area (Å²) < 4.78 is 0. The number of ketones is 2. The van der Waals surface area contributed by atoms with Gasteiger partial charge in [0.15, 0.2) is 11.6 Å². The third-order valence-corrected chi connectivity index (χ3v) is 9.43. The van der Waals surface area contributed by atoms with Crippen molar-refractivity contribution in [3.63, 3.8) is 0 Å². The summed E-state index contributed by atoms with van der Waals surface area (Å²) >= 11 is 0. The lowest BCUT2D eigenvalue weighted by molar-refractivity contribution is -0.130. The Balaban J connectivity index is 1.13. The Morgan fingerprint density at radius 3 is 2.03 bits per heavy atom. The smallest absolute Gasteiger partial charge is 0.168 e. The number of rotatable bonds is 7. The highest BCUT2D eigenvalue weighted by Gasteiger charge is 2.53. The van der Waals surface area contributed by atoms with Crippen molar-refractivity contribution in [1.29, 1.82) is 0 Å². The number of piperazine rings is 1. The molecule has 4 bridgehead atoms. The molecule has 178 valence electrons. The lowest BCUT2D eigenvalue weighted by atomic mass is 9.51. The van der Waals surface area contributed by atoms with Crippen LogP contribution in [0.4, 0.5) is 0 Å². The van der Waals surface area contributed by atoms with Crippen molar-refractivity contribution in [3.8, 4) is 0 Å². The van der Waals surface area contributed by atoms with E-state index in [1.165, 1.54) is 44.9 Å². The van der Waals surface area contributed by atoms with E-state index in [0.717, 1.165) is 63.6 Å². The second-order valence-corrected chi connectivity index (χ2v) is 11.5. The zero-order valence-electron chi connectivity index (χ0n) is 19.6. The van der Waals surface area contributed by atoms with Gasteiger partial charge in [-0.1, -0.05) is 12.8 Å². The number of aliphatic hydroxyl groups excluding tert-OH is 1. The highest BCUT2D eigenvalue weighted by atomic mass is 16.3. The first-order chi connectivity index (χ1) is 15.5. The number of carbonyl (C=O) groups excluding carboxylic acids is 2. The average molecular weight is 444 g/mol. The first-order valence-electron chi connectivity index (χ1n) is 13.1. The second kappa shape index (κ2) is 9.55. The van der Waals surface area contributed by atoms with Gasteiger partial charge in [-0.2, -0.15) is 0 Å². The minimum absolute atomic E-state index is 0.0748. The maximum absolute atomic E-state index is 13.0. The molecule has 1 saturated heterocycles. The Kier molecular flexibility index (Phi) is 6.73. The fourth-order valence-electron chi connectivity index (χ4n) is 8.02. The molecule has 32 heavy (non-hydrogen) atoms. The topological polar surface area (TPSA) is 72.9 Å². The maximum atomic E-state index is 13.0. The number of fused-ring (bicyclic) bond motifs is 1. The van der Waals surface area contributed by atoms with Crippen LogP contribution in [0.5, 0.6) is 0 Å². The Labute approximate surface area is 192 Å². The molecule has 4 atom stereocenters. The zero-order valence-corrected chi connectivity index (χ0v) is 19.6. The molecule has 0 radical (unpaired) electrons. The summed E-state index contributed by atoms with van der Waals surface area (Å²) in [5.41, 5.74) is 0.687. The summed E-state index contributed by atoms with van der Waals surface area (Å²) in [6.45, 7) is 6.63. The van der Waals surface area contributed by atoms with Gasteiger partial charge in [0.05, 0.1) is 12.2 Å². The highest BCUT2D eigenvalue weighted by Crippen LogP contribution is 2.62. The third-order valence-electron chi connectivity index (χ3n) is 9.43. The molecule has 2 N–H and O–H groups in total. The van der Waals surface area contributed by atoms with Crippen LogP contribution >= 0.6 is 0 Å². The summed E-state index contributed by atoms with van der Waals surface area (Å²) in [4.78, 5) is 30.7. The van der Waals surface area contributed by atoms with Crippen molar-refractivity contribution < 1.29 is 14.7 Å². The van der Waals surface area contributed by atoms with Crippen LogP contribution in [0.25, 0.3) is 0 Å². The van der Waals surface area contributed by atoms with Gasteiger partial charge in [-0.3, -0.25) is 19.4 Å². The fourth-order valence-corrected chi connectivity index (χ4v) is 8.02. The minimum atomic E-state index is 0.0748. The summed E-state index contributed by atoms with van der Waals surface area (Å²) in [5, 5.41) is 12.3. The van der Waals surface area contributed by atoms with Crippen LogP contribution in [-0.2, 0) is 9.59 Å². The van der Waals surface area contributed by atoms with Gasteiger partial charge >= 0.3 is 0 Å². The summed E-state index contributed by atoms with van der Waals surface area (Å²) in [6, 6.07) is 0. The van der Waals surface area contributed by atoms with Crippen molar-refractivity contribution in [1.82, 2.24) is 15.1 Å². The number of β-amino-alcohol motifs (C(OH)–C–C–N with tert-alkyl or cyclic N) is 1. The second-order valence-electron chi connectivity index (χ2n) is 11.5. The van der Waals surface area contributed by atoms with E-state index < -0.39 is 0 Å². The number of hydrogen-bond donors (Lipinski definition) is 2. The van der Waals surface area contributed by atoms with Gasteiger partial charge in [0.25, 0.3) is 0 Å². The molecule has 5 aliphatic carbocycles. The number of nitrogens with one attached hydrogen (secondary N) is 1. The summed E-state index contributed by atoms with van der Waals surface area (Å²) in [6.07, 6.45) is 12.3. The molecule has 6 aliphatic rings. The van der Waals surface area contributed by atoms with Gasteiger partial charge < -0.3 is 10.4 Å². The van der Waals surface area contributed by atoms with E-state index in [1.807, 2.05) is 0 Å². The molecule has 6 nitrogen and oxygen atoms in total. The molecule has 0 amide bonds. The number of carbonyl (C=O) groups is 2. The van der Waals surface area contributed by atoms with E-state index in [1.54, 1.807) is 6.20 Å². The van der Waals surface area contributed by atoms with Crippen LogP contribution in [0.15, 0.2) is 11.8 Å². The Bertz CT molecular complexity index is 707. The molecule has 5 saturated carbocycles. The molecule has 0 aromatic carbocycles. The minimum Gasteiger partial charge on any atom is -0.395 e. The number of nitrogens with zero attached hydrogens (tertiary/aromatic N) is 2. The van der Waals surface area contributed by atoms with Crippen LogP contribution in [0, 0.1) is 29.1 Å². The molecule has 6 rings (SSSR count). The predicted octanol–water partition coefficient (Wildman–Crippen LogP) is 2.22. The largest absolute Gasteiger partial charge is 0.395 e. The lowest BCUT2D eigenvalue weighted by Crippen LogP contribution is -2.48. The molecule has 0 aromatic rings. The van der Waals surface area contributed by atoms with E-state index in [4.69, 9.17) is 5.11 Å². The van der Waals surface area contributed by atoms with E-state index in [9.17, 15) is 9.59 Å². The van der Waals surface area contributed by atoms with E-state index in [0.29, 0.717) is 18.4 Å². The summed E-state index contributed by atoms with van der Waals surface area (Å²) in [7, 11) is 0. The normalized spacial score (nSPS) is 38.2. The quantitative estimate of drug-likeness (QED) is 0.357. The molecular weight excluding hydrogens is 402 g/mol. The van der Waals surface area contributed by atoms with Crippen molar-refractivity contribution in [2.75, 3.05) is 52.4 Å². The van der Waals surface area contributed by atoms with Gasteiger partial charge in [-0.15, -0.1) is 0 Å². The van der Waals surface area contributed by atoms with Crippen molar-refractivity contribution in [2.24, 2.45) is 29.1 Å². The van der Waals surface area contributed by atoms with Gasteiger partial charge in [0.2, 0.25) is 0 Å². The van der Waals surface area contributed by atoms with Crippen LogP contribution in [0.2, 0.25) is 0 Å². The monoisotopic (exact) mass is 443 g/mol. The Morgan fingerprint density at radius 1 is 0.875 bits per heavy atom. The van der Waals surface area contributed by atoms with Crippen molar-refractivity contribution in [3.05, 3.63) is 11.8 Å². The zero-order chi connectivity index (χ0) is 22.1. The molecule has 6 fully saturated rings. The van der Waals surface area contributed by atoms with Crippen LogP contribution < -0.4 is 5.32 Å². The van der Waals surface area contributed by atoms with Gasteiger partial charge in [-0.05, 0) is 61.2 Å². The SMILES string of the molecule is O=C1CC([C@@]23C[C@@H]4C[C@@H](CC[C@@H](C4)C2)C3)CC(=O)C1=CNCCN1CCN(CCO)CC1. The molecule has 6 heteroatoms. The molecule has 0 spiro atoms. The predicted molar refractivity (Wildman–Crippen MR) is 124 cm³/mol. The van der Waals surface area contributed by atoms with E-state index >= 15 is 0 Å². The molecule has 0 unspecified atom stereocenters. The lowest BCUT2D eigenvalue weighted by Gasteiger charge is -2.53. The molecule has 1 aliphatic heterocycles. The Morgan fingerprint density at radius 2 is 1.44 bits per heavy atom. The van der Waals surface area contributed by atoms with Crippen molar-refractivity contribution in [2.45, 2.75) is 57.8 Å². The third kappa shape index (κ3) is 4.69. The maximum Gasteiger partial charge on any atom is 0.168 e. The fraction of sp³-hybridized carbons (Fsp3) is 0.846. The van der Waals surface area contributed by atoms with E-state index in [-0.39, 0.29) is 29.5 Å². The average Bonchev–Trinajstić information content (AvgIpc) is 2.99. The van der Waals surface area contributed by atoms with E-state index in [2.05, 4.69) is 15.1 Å². The summed E-state index contributed by atoms with van der Waals surface area (Å²) in [5.74, 6) is 2.97. The molecule has 1 heterocycles.